The van der Waals surface area contributed by atoms with Gasteiger partial charge in [-0.05, 0) is 19.8 Å². The van der Waals surface area contributed by atoms with Crippen LogP contribution in [0, 0.1) is 0 Å². The highest BCUT2D eigenvalue weighted by atomic mass is 16.1. The molecular weight excluding hydrogens is 152 g/mol. The summed E-state index contributed by atoms with van der Waals surface area (Å²) in [5.41, 5.74) is 0. The molecule has 1 heterocycles. The van der Waals surface area contributed by atoms with Crippen LogP contribution >= 0.6 is 0 Å². The van der Waals surface area contributed by atoms with Crippen molar-refractivity contribution in [3.63, 3.8) is 0 Å². The summed E-state index contributed by atoms with van der Waals surface area (Å²) in [6.45, 7) is 1.65. The molecule has 0 N–H and O–H groups in total. The van der Waals surface area contributed by atoms with Crippen molar-refractivity contribution in [3.05, 3.63) is 12.3 Å². The number of ketones is 1. The molecule has 0 saturated heterocycles. The molecule has 0 aromatic heterocycles. The summed E-state index contributed by atoms with van der Waals surface area (Å²) < 4.78 is 0. The summed E-state index contributed by atoms with van der Waals surface area (Å²) in [6.07, 6.45) is 6.02. The van der Waals surface area contributed by atoms with Gasteiger partial charge in [0.2, 0.25) is 0 Å². The van der Waals surface area contributed by atoms with E-state index in [-0.39, 0.29) is 11.8 Å². The normalized spacial score (nSPS) is 23.3. The Kier molecular flexibility index (Phi) is 2.87. The van der Waals surface area contributed by atoms with E-state index >= 15 is 0 Å². The molecule has 3 heteroatoms. The van der Waals surface area contributed by atoms with Crippen LogP contribution in [-0.4, -0.2) is 35.9 Å². The van der Waals surface area contributed by atoms with Gasteiger partial charge >= 0.3 is 0 Å². The van der Waals surface area contributed by atoms with E-state index in [1.807, 2.05) is 30.3 Å². The van der Waals surface area contributed by atoms with E-state index < -0.39 is 0 Å². The molecule has 1 atom stereocenters. The van der Waals surface area contributed by atoms with Crippen LogP contribution in [-0.2, 0) is 4.79 Å². The summed E-state index contributed by atoms with van der Waals surface area (Å²) in [5.74, 6) is 0.244. The summed E-state index contributed by atoms with van der Waals surface area (Å²) in [7, 11) is 3.90. The molecule has 1 rings (SSSR count). The summed E-state index contributed by atoms with van der Waals surface area (Å²) in [6, 6.07) is 0.0463. The van der Waals surface area contributed by atoms with Crippen LogP contribution in [0.5, 0.6) is 0 Å². The third-order valence-electron chi connectivity index (χ3n) is 2.12. The standard InChI is InChI=1S/C9H16N2O/c1-8(12)9-6-4-5-7-11(9)10(2)3/h5,7,9H,4,6H2,1-3H3. The molecule has 0 saturated carbocycles. The van der Waals surface area contributed by atoms with Gasteiger partial charge in [0.05, 0.1) is 0 Å². The maximum atomic E-state index is 11.2. The highest BCUT2D eigenvalue weighted by Gasteiger charge is 2.23. The zero-order chi connectivity index (χ0) is 9.14. The van der Waals surface area contributed by atoms with Crippen LogP contribution in [0.15, 0.2) is 12.3 Å². The van der Waals surface area contributed by atoms with Crippen molar-refractivity contribution < 1.29 is 4.79 Å². The molecule has 0 amide bonds. The second kappa shape index (κ2) is 3.72. The average molecular weight is 168 g/mol. The number of hydrogen-bond acceptors (Lipinski definition) is 3. The lowest BCUT2D eigenvalue weighted by molar-refractivity contribution is -0.126. The van der Waals surface area contributed by atoms with Gasteiger partial charge in [-0.15, -0.1) is 0 Å². The van der Waals surface area contributed by atoms with Gasteiger partial charge < -0.3 is 5.01 Å². The minimum atomic E-state index is 0.0463. The van der Waals surface area contributed by atoms with E-state index in [9.17, 15) is 4.79 Å². The fourth-order valence-electron chi connectivity index (χ4n) is 1.47. The quantitative estimate of drug-likeness (QED) is 0.615. The van der Waals surface area contributed by atoms with Crippen molar-refractivity contribution in [1.82, 2.24) is 10.0 Å². The van der Waals surface area contributed by atoms with Crippen LogP contribution in [0.2, 0.25) is 0 Å². The fourth-order valence-corrected chi connectivity index (χ4v) is 1.47. The minimum Gasteiger partial charge on any atom is -0.303 e. The van der Waals surface area contributed by atoms with Crippen LogP contribution in [0.4, 0.5) is 0 Å². The second-order valence-electron chi connectivity index (χ2n) is 3.32. The zero-order valence-electron chi connectivity index (χ0n) is 7.95. The van der Waals surface area contributed by atoms with Gasteiger partial charge in [0, 0.05) is 20.3 Å². The van der Waals surface area contributed by atoms with Gasteiger partial charge in [-0.3, -0.25) is 4.79 Å². The lowest BCUT2D eigenvalue weighted by Crippen LogP contribution is -2.45. The molecule has 0 bridgehead atoms. The van der Waals surface area contributed by atoms with Gasteiger partial charge in [-0.1, -0.05) is 6.08 Å². The largest absolute Gasteiger partial charge is 0.303 e. The Bertz CT molecular complexity index is 199. The first kappa shape index (κ1) is 9.26. The number of Topliss-reactive ketones (excluding diaryl/α,β-unsaturated/α-hetero) is 1. The summed E-state index contributed by atoms with van der Waals surface area (Å²) >= 11 is 0. The monoisotopic (exact) mass is 168 g/mol. The van der Waals surface area contributed by atoms with Crippen LogP contribution in [0.1, 0.15) is 19.8 Å². The number of hydrogen-bond donors (Lipinski definition) is 0. The maximum Gasteiger partial charge on any atom is 0.153 e. The zero-order valence-corrected chi connectivity index (χ0v) is 7.95. The first-order valence-corrected chi connectivity index (χ1v) is 4.25. The molecule has 68 valence electrons. The SMILES string of the molecule is CC(=O)C1CCC=CN1N(C)C. The van der Waals surface area contributed by atoms with Crippen LogP contribution < -0.4 is 0 Å². The first-order chi connectivity index (χ1) is 5.63. The second-order valence-corrected chi connectivity index (χ2v) is 3.32. The number of carbonyl (C=O) groups excluding carboxylic acids is 1. The van der Waals surface area contributed by atoms with Gasteiger partial charge in [0.15, 0.2) is 5.78 Å². The van der Waals surface area contributed by atoms with E-state index in [2.05, 4.69) is 6.08 Å². The van der Waals surface area contributed by atoms with Crippen LogP contribution in [0.25, 0.3) is 0 Å². The van der Waals surface area contributed by atoms with Crippen molar-refractivity contribution >= 4 is 5.78 Å². The molecule has 1 aliphatic heterocycles. The maximum absolute atomic E-state index is 11.2. The third-order valence-corrected chi connectivity index (χ3v) is 2.12. The topological polar surface area (TPSA) is 23.6 Å². The van der Waals surface area contributed by atoms with Crippen molar-refractivity contribution in [2.45, 2.75) is 25.8 Å². The molecule has 1 unspecified atom stereocenters. The number of nitrogens with zero attached hydrogens (tertiary/aromatic N) is 2. The Balaban J connectivity index is 2.72. The third kappa shape index (κ3) is 1.85. The Morgan fingerprint density at radius 3 is 2.67 bits per heavy atom. The smallest absolute Gasteiger partial charge is 0.153 e. The number of hydrazine groups is 1. The molecule has 0 spiro atoms. The van der Waals surface area contributed by atoms with E-state index in [0.717, 1.165) is 12.8 Å². The van der Waals surface area contributed by atoms with Crippen LogP contribution in [0.3, 0.4) is 0 Å². The predicted molar refractivity (Wildman–Crippen MR) is 48.4 cm³/mol. The number of allylic oxidation sites excluding steroid dienone is 1. The molecule has 1 aliphatic rings. The van der Waals surface area contributed by atoms with Crippen molar-refractivity contribution in [1.29, 1.82) is 0 Å². The number of carbonyl (C=O) groups is 1. The van der Waals surface area contributed by atoms with E-state index in [4.69, 9.17) is 0 Å². The molecule has 0 aliphatic carbocycles. The first-order valence-electron chi connectivity index (χ1n) is 4.25. The highest BCUT2D eigenvalue weighted by molar-refractivity contribution is 5.81. The van der Waals surface area contributed by atoms with Crippen molar-refractivity contribution in [2.24, 2.45) is 0 Å². The summed E-state index contributed by atoms with van der Waals surface area (Å²) in [4.78, 5) is 11.2. The van der Waals surface area contributed by atoms with E-state index in [1.165, 1.54) is 0 Å². The molecule has 0 aromatic rings. The number of rotatable bonds is 2. The van der Waals surface area contributed by atoms with Gasteiger partial charge in [0.1, 0.15) is 6.04 Å². The minimum absolute atomic E-state index is 0.0463. The fraction of sp³-hybridized carbons (Fsp3) is 0.667. The van der Waals surface area contributed by atoms with E-state index in [1.54, 1.807) is 6.92 Å². The van der Waals surface area contributed by atoms with Crippen molar-refractivity contribution in [2.75, 3.05) is 14.1 Å². The molecule has 12 heavy (non-hydrogen) atoms. The predicted octanol–water partition coefficient (Wildman–Crippen LogP) is 1.03. The van der Waals surface area contributed by atoms with Gasteiger partial charge in [0.25, 0.3) is 0 Å². The molecule has 0 aromatic carbocycles. The molecular formula is C9H16N2O. The van der Waals surface area contributed by atoms with Crippen molar-refractivity contribution in [3.8, 4) is 0 Å². The van der Waals surface area contributed by atoms with Gasteiger partial charge in [-0.2, -0.15) is 0 Å². The average Bonchev–Trinajstić information content (AvgIpc) is 2.04. The highest BCUT2D eigenvalue weighted by Crippen LogP contribution is 2.15. The Morgan fingerprint density at radius 1 is 1.58 bits per heavy atom. The molecule has 0 radical (unpaired) electrons. The molecule has 3 nitrogen and oxygen atoms in total. The Hall–Kier alpha value is -0.830. The molecule has 0 fully saturated rings. The van der Waals surface area contributed by atoms with Gasteiger partial charge in [-0.25, -0.2) is 5.01 Å². The lowest BCUT2D eigenvalue weighted by Gasteiger charge is -2.36. The Morgan fingerprint density at radius 2 is 2.25 bits per heavy atom. The summed E-state index contributed by atoms with van der Waals surface area (Å²) in [5, 5.41) is 3.92. The van der Waals surface area contributed by atoms with E-state index in [0.29, 0.717) is 0 Å². The Labute approximate surface area is 73.6 Å². The lowest BCUT2D eigenvalue weighted by atomic mass is 10.0.